The third kappa shape index (κ3) is 4.28. The van der Waals surface area contributed by atoms with E-state index < -0.39 is 31.1 Å². The van der Waals surface area contributed by atoms with Crippen LogP contribution in [0.1, 0.15) is 6.42 Å². The van der Waals surface area contributed by atoms with Gasteiger partial charge in [-0.1, -0.05) is 0 Å². The van der Waals surface area contributed by atoms with Crippen LogP contribution in [0, 0.1) is 6.42 Å². The Labute approximate surface area is 67.5 Å². The molecule has 0 unspecified atom stereocenters. The summed E-state index contributed by atoms with van der Waals surface area (Å²) in [7, 11) is 0. The molecule has 0 rings (SSSR count). The molecule has 79 valence electrons. The molecule has 1 radical (unpaired) electrons. The molecule has 0 aromatic heterocycles. The molecule has 0 spiro atoms. The second-order valence-electron chi connectivity index (χ2n) is 2.15. The number of alkyl halides is 8. The van der Waals surface area contributed by atoms with E-state index in [0.717, 1.165) is 0 Å². The predicted molar refractivity (Wildman–Crippen MR) is 26.0 cm³/mol. The smallest absolute Gasteiger partial charge is 0.196 e. The zero-order chi connectivity index (χ0) is 10.9. The first kappa shape index (κ1) is 12.4. The maximum absolute atomic E-state index is 11.8. The summed E-state index contributed by atoms with van der Waals surface area (Å²) in [5, 5.41) is 0. The molecule has 8 heteroatoms. The quantitative estimate of drug-likeness (QED) is 0.619. The highest BCUT2D eigenvalue weighted by Gasteiger charge is 2.58. The lowest BCUT2D eigenvalue weighted by atomic mass is 10.2. The summed E-state index contributed by atoms with van der Waals surface area (Å²) in [5.74, 6) is -5.33. The number of rotatable bonds is 2. The number of hydrogen-bond donors (Lipinski definition) is 0. The van der Waals surface area contributed by atoms with Crippen LogP contribution >= 0.6 is 0 Å². The minimum absolute atomic E-state index is 1.03. The fourth-order valence-electron chi connectivity index (χ4n) is 0.360. The monoisotopic (exact) mass is 215 g/mol. The van der Waals surface area contributed by atoms with Gasteiger partial charge in [-0.05, 0) is 0 Å². The molecule has 0 saturated heterocycles. The molecule has 0 saturated carbocycles. The standard InChI is InChI=1S/C5H3F8/c6-3(7,5(11,12)13)1-2-4(8,9)10/h2H,1H2. The van der Waals surface area contributed by atoms with E-state index in [1.165, 1.54) is 0 Å². The van der Waals surface area contributed by atoms with Crippen molar-refractivity contribution in [3.05, 3.63) is 6.42 Å². The highest BCUT2D eigenvalue weighted by molar-refractivity contribution is 4.86. The Morgan fingerprint density at radius 3 is 1.38 bits per heavy atom. The van der Waals surface area contributed by atoms with Gasteiger partial charge in [0.1, 0.15) is 0 Å². The fourth-order valence-corrected chi connectivity index (χ4v) is 0.360. The van der Waals surface area contributed by atoms with Crippen LogP contribution in [0.5, 0.6) is 0 Å². The molecule has 0 aliphatic rings. The van der Waals surface area contributed by atoms with Crippen LogP contribution in [-0.2, 0) is 0 Å². The first-order chi connectivity index (χ1) is 5.46. The Hall–Kier alpha value is -0.560. The van der Waals surface area contributed by atoms with Crippen molar-refractivity contribution in [2.24, 2.45) is 0 Å². The van der Waals surface area contributed by atoms with Crippen molar-refractivity contribution in [2.75, 3.05) is 0 Å². The van der Waals surface area contributed by atoms with E-state index in [2.05, 4.69) is 0 Å². The van der Waals surface area contributed by atoms with Crippen LogP contribution < -0.4 is 0 Å². The molecule has 0 fully saturated rings. The lowest BCUT2D eigenvalue weighted by Gasteiger charge is -2.19. The molecular formula is C5H3F8. The van der Waals surface area contributed by atoms with Gasteiger partial charge in [0.05, 0.1) is 6.42 Å². The summed E-state index contributed by atoms with van der Waals surface area (Å²) in [6.45, 7) is 0. The second kappa shape index (κ2) is 3.30. The van der Waals surface area contributed by atoms with Gasteiger partial charge in [-0.3, -0.25) is 0 Å². The van der Waals surface area contributed by atoms with E-state index in [4.69, 9.17) is 0 Å². The van der Waals surface area contributed by atoms with Crippen LogP contribution in [0.4, 0.5) is 35.1 Å². The number of hydrogen-bond acceptors (Lipinski definition) is 0. The first-order valence-electron chi connectivity index (χ1n) is 2.81. The minimum Gasteiger partial charge on any atom is -0.196 e. The van der Waals surface area contributed by atoms with E-state index in [1.807, 2.05) is 0 Å². The Morgan fingerprint density at radius 2 is 1.15 bits per heavy atom. The Balaban J connectivity index is 4.21. The van der Waals surface area contributed by atoms with E-state index in [0.29, 0.717) is 0 Å². The van der Waals surface area contributed by atoms with Gasteiger partial charge in [0.25, 0.3) is 0 Å². The van der Waals surface area contributed by atoms with Crippen LogP contribution in [0.2, 0.25) is 0 Å². The maximum atomic E-state index is 11.8. The largest absolute Gasteiger partial charge is 0.453 e. The van der Waals surface area contributed by atoms with Crippen molar-refractivity contribution in [1.82, 2.24) is 0 Å². The highest BCUT2D eigenvalue weighted by atomic mass is 19.4. The van der Waals surface area contributed by atoms with Crippen molar-refractivity contribution in [2.45, 2.75) is 24.7 Å². The summed E-state index contributed by atoms with van der Waals surface area (Å²) in [6.07, 6.45) is -14.5. The molecule has 0 aliphatic heterocycles. The molecular weight excluding hydrogens is 212 g/mol. The molecule has 0 aliphatic carbocycles. The molecule has 0 nitrogen and oxygen atoms in total. The van der Waals surface area contributed by atoms with E-state index in [9.17, 15) is 35.1 Å². The van der Waals surface area contributed by atoms with Crippen LogP contribution in [0.3, 0.4) is 0 Å². The third-order valence-corrected chi connectivity index (χ3v) is 1.00. The van der Waals surface area contributed by atoms with E-state index in [1.54, 1.807) is 0 Å². The zero-order valence-corrected chi connectivity index (χ0v) is 5.81. The molecule has 0 aromatic rings. The second-order valence-corrected chi connectivity index (χ2v) is 2.15. The van der Waals surface area contributed by atoms with Gasteiger partial charge in [0, 0.05) is 6.42 Å². The van der Waals surface area contributed by atoms with Crippen molar-refractivity contribution in [3.63, 3.8) is 0 Å². The van der Waals surface area contributed by atoms with Gasteiger partial charge in [0.15, 0.2) is 0 Å². The fraction of sp³-hybridized carbons (Fsp3) is 0.800. The van der Waals surface area contributed by atoms with Gasteiger partial charge < -0.3 is 0 Å². The summed E-state index contributed by atoms with van der Waals surface area (Å²) in [5.41, 5.74) is 0. The topological polar surface area (TPSA) is 0 Å². The van der Waals surface area contributed by atoms with Gasteiger partial charge >= 0.3 is 18.3 Å². The van der Waals surface area contributed by atoms with Crippen LogP contribution in [0.25, 0.3) is 0 Å². The van der Waals surface area contributed by atoms with Crippen LogP contribution in [0.15, 0.2) is 0 Å². The average Bonchev–Trinajstić information content (AvgIpc) is 1.79. The maximum Gasteiger partial charge on any atom is 0.453 e. The molecule has 0 aromatic carbocycles. The van der Waals surface area contributed by atoms with E-state index in [-0.39, 0.29) is 0 Å². The van der Waals surface area contributed by atoms with Crippen molar-refractivity contribution >= 4 is 0 Å². The van der Waals surface area contributed by atoms with Gasteiger partial charge in [0.2, 0.25) is 0 Å². The van der Waals surface area contributed by atoms with Crippen LogP contribution in [-0.4, -0.2) is 18.3 Å². The van der Waals surface area contributed by atoms with Crippen molar-refractivity contribution in [1.29, 1.82) is 0 Å². The lowest BCUT2D eigenvalue weighted by Crippen LogP contribution is -2.37. The van der Waals surface area contributed by atoms with Gasteiger partial charge in [-0.25, -0.2) is 0 Å². The number of halogens is 8. The Kier molecular flexibility index (Phi) is 3.16. The lowest BCUT2D eigenvalue weighted by molar-refractivity contribution is -0.284. The first-order valence-corrected chi connectivity index (χ1v) is 2.81. The summed E-state index contributed by atoms with van der Waals surface area (Å²) in [6, 6.07) is 0. The Bertz CT molecular complexity index is 162. The SMILES string of the molecule is FC(F)(F)[CH]CC(F)(F)C(F)(F)F. The summed E-state index contributed by atoms with van der Waals surface area (Å²) in [4.78, 5) is 0. The normalized spacial score (nSPS) is 14.8. The summed E-state index contributed by atoms with van der Waals surface area (Å²) >= 11 is 0. The Morgan fingerprint density at radius 1 is 0.769 bits per heavy atom. The predicted octanol–water partition coefficient (Wildman–Crippen LogP) is 3.34. The summed E-state index contributed by atoms with van der Waals surface area (Å²) < 4.78 is 91.1. The van der Waals surface area contributed by atoms with E-state index >= 15 is 0 Å². The molecule has 13 heavy (non-hydrogen) atoms. The van der Waals surface area contributed by atoms with Gasteiger partial charge in [-0.15, -0.1) is 0 Å². The van der Waals surface area contributed by atoms with Crippen molar-refractivity contribution < 1.29 is 35.1 Å². The van der Waals surface area contributed by atoms with Crippen molar-refractivity contribution in [3.8, 4) is 0 Å². The third-order valence-electron chi connectivity index (χ3n) is 1.00. The molecule has 0 bridgehead atoms. The minimum atomic E-state index is -5.95. The molecule has 0 heterocycles. The molecule has 0 N–H and O–H groups in total. The highest BCUT2D eigenvalue weighted by Crippen LogP contribution is 2.40. The zero-order valence-electron chi connectivity index (χ0n) is 5.81. The molecule has 0 amide bonds. The van der Waals surface area contributed by atoms with Gasteiger partial charge in [-0.2, -0.15) is 35.1 Å². The molecule has 0 atom stereocenters. The average molecular weight is 215 g/mol.